The number of amides is 1. The molecule has 1 atom stereocenters. The zero-order valence-electron chi connectivity index (χ0n) is 17.8. The van der Waals surface area contributed by atoms with Crippen LogP contribution in [0.2, 0.25) is 0 Å². The number of aliphatic hydroxyl groups excluding tert-OH is 1. The van der Waals surface area contributed by atoms with Gasteiger partial charge in [0.05, 0.1) is 18.7 Å². The maximum atomic E-state index is 13.6. The third-order valence-electron chi connectivity index (χ3n) is 5.69. The van der Waals surface area contributed by atoms with Gasteiger partial charge in [-0.15, -0.1) is 0 Å². The van der Waals surface area contributed by atoms with Crippen LogP contribution in [0, 0.1) is 5.82 Å². The molecule has 0 bridgehead atoms. The van der Waals surface area contributed by atoms with E-state index in [4.69, 9.17) is 9.15 Å². The van der Waals surface area contributed by atoms with E-state index in [0.717, 1.165) is 4.47 Å². The van der Waals surface area contributed by atoms with E-state index in [1.807, 2.05) is 0 Å². The fraction of sp³-hybridized carbons (Fsp3) is 0.0769. The Morgan fingerprint density at radius 3 is 2.44 bits per heavy atom. The van der Waals surface area contributed by atoms with Crippen molar-refractivity contribution in [1.82, 2.24) is 0 Å². The third-order valence-corrected chi connectivity index (χ3v) is 6.18. The number of methoxy groups -OCH3 is 1. The zero-order valence-corrected chi connectivity index (χ0v) is 19.4. The summed E-state index contributed by atoms with van der Waals surface area (Å²) < 4.78 is 25.3. The first-order chi connectivity index (χ1) is 16.4. The van der Waals surface area contributed by atoms with Gasteiger partial charge in [-0.05, 0) is 66.2 Å². The number of ether oxygens (including phenoxy) is 1. The normalized spacial score (nSPS) is 15.9. The van der Waals surface area contributed by atoms with Crippen molar-refractivity contribution in [3.05, 3.63) is 106 Å². The highest BCUT2D eigenvalue weighted by Gasteiger charge is 2.45. The summed E-state index contributed by atoms with van der Waals surface area (Å²) in [4.78, 5) is 28.0. The Labute approximate surface area is 202 Å². The molecule has 1 N–H and O–H groups in total. The number of Topliss-reactive ketones (excluding diaryl/α,β-unsaturated/α-hetero) is 1. The molecule has 1 unspecified atom stereocenters. The number of hydrogen-bond acceptors (Lipinski definition) is 5. The SMILES string of the molecule is COc1ccc(C2C(C(=O)c3cc4cc(Br)ccc4o3)=C(O)C(=O)N2c2ccc(F)cc2)cc1. The molecule has 2 heterocycles. The number of aliphatic hydroxyl groups is 1. The average molecular weight is 522 g/mol. The fourth-order valence-electron chi connectivity index (χ4n) is 4.07. The average Bonchev–Trinajstić information content (AvgIpc) is 3.38. The maximum absolute atomic E-state index is 13.6. The van der Waals surface area contributed by atoms with Crippen LogP contribution in [-0.2, 0) is 4.79 Å². The van der Waals surface area contributed by atoms with Crippen molar-refractivity contribution in [2.24, 2.45) is 0 Å². The molecule has 1 aromatic heterocycles. The standard InChI is InChI=1S/C26H17BrFNO5/c1-33-19-9-2-14(3-10-19)23-22(24(30)21-13-15-12-16(27)4-11-20(15)34-21)25(31)26(32)29(23)18-7-5-17(28)6-8-18/h2-13,23,31H,1H3. The number of carbonyl (C=O) groups excluding carboxylic acids is 2. The van der Waals surface area contributed by atoms with Gasteiger partial charge in [0.2, 0.25) is 5.78 Å². The number of halogens is 2. The quantitative estimate of drug-likeness (QED) is 0.319. The minimum atomic E-state index is -0.962. The van der Waals surface area contributed by atoms with E-state index in [1.54, 1.807) is 48.5 Å². The molecular formula is C26H17BrFNO5. The van der Waals surface area contributed by atoms with E-state index in [2.05, 4.69) is 15.9 Å². The van der Waals surface area contributed by atoms with Crippen molar-refractivity contribution in [1.29, 1.82) is 0 Å². The molecule has 0 saturated carbocycles. The molecule has 0 aliphatic carbocycles. The highest BCUT2D eigenvalue weighted by atomic mass is 79.9. The summed E-state index contributed by atoms with van der Waals surface area (Å²) in [5.74, 6) is -1.97. The highest BCUT2D eigenvalue weighted by molar-refractivity contribution is 9.10. The van der Waals surface area contributed by atoms with Crippen LogP contribution in [0.25, 0.3) is 11.0 Å². The van der Waals surface area contributed by atoms with Gasteiger partial charge >= 0.3 is 0 Å². The summed E-state index contributed by atoms with van der Waals surface area (Å²) in [6.45, 7) is 0. The van der Waals surface area contributed by atoms with Gasteiger partial charge in [-0.25, -0.2) is 4.39 Å². The van der Waals surface area contributed by atoms with Crippen molar-refractivity contribution in [3.8, 4) is 5.75 Å². The minimum Gasteiger partial charge on any atom is -0.503 e. The number of fused-ring (bicyclic) bond motifs is 1. The maximum Gasteiger partial charge on any atom is 0.294 e. The molecule has 3 aromatic carbocycles. The largest absolute Gasteiger partial charge is 0.503 e. The topological polar surface area (TPSA) is 80.0 Å². The van der Waals surface area contributed by atoms with Gasteiger partial charge in [0.25, 0.3) is 5.91 Å². The molecule has 6 nitrogen and oxygen atoms in total. The Morgan fingerprint density at radius 1 is 1.06 bits per heavy atom. The summed E-state index contributed by atoms with van der Waals surface area (Å²) in [6.07, 6.45) is 0. The number of hydrogen-bond donors (Lipinski definition) is 1. The number of anilines is 1. The molecule has 170 valence electrons. The van der Waals surface area contributed by atoms with Crippen molar-refractivity contribution in [3.63, 3.8) is 0 Å². The molecular weight excluding hydrogens is 505 g/mol. The van der Waals surface area contributed by atoms with E-state index < -0.39 is 29.3 Å². The molecule has 1 aliphatic rings. The fourth-order valence-corrected chi connectivity index (χ4v) is 4.44. The zero-order chi connectivity index (χ0) is 24.0. The Hall–Kier alpha value is -3.91. The van der Waals surface area contributed by atoms with Gasteiger partial charge in [0, 0.05) is 15.5 Å². The molecule has 34 heavy (non-hydrogen) atoms. The number of ketones is 1. The van der Waals surface area contributed by atoms with Gasteiger partial charge in [-0.2, -0.15) is 0 Å². The molecule has 1 aliphatic heterocycles. The number of nitrogens with zero attached hydrogens (tertiary/aromatic N) is 1. The summed E-state index contributed by atoms with van der Waals surface area (Å²) in [6, 6.07) is 18.0. The molecule has 0 saturated heterocycles. The van der Waals surface area contributed by atoms with Gasteiger partial charge in [-0.1, -0.05) is 28.1 Å². The first-order valence-electron chi connectivity index (χ1n) is 10.3. The van der Waals surface area contributed by atoms with Crippen LogP contribution in [0.5, 0.6) is 5.75 Å². The molecule has 4 aromatic rings. The summed E-state index contributed by atoms with van der Waals surface area (Å²) in [5, 5.41) is 11.5. The van der Waals surface area contributed by atoms with Gasteiger partial charge in [-0.3, -0.25) is 14.5 Å². The molecule has 0 radical (unpaired) electrons. The van der Waals surface area contributed by atoms with E-state index in [-0.39, 0.29) is 11.3 Å². The number of benzene rings is 3. The van der Waals surface area contributed by atoms with Gasteiger partial charge in [0.15, 0.2) is 11.5 Å². The second kappa shape index (κ2) is 8.46. The highest BCUT2D eigenvalue weighted by Crippen LogP contribution is 2.42. The lowest BCUT2D eigenvalue weighted by molar-refractivity contribution is -0.117. The molecule has 8 heteroatoms. The molecule has 0 spiro atoms. The van der Waals surface area contributed by atoms with E-state index in [9.17, 15) is 19.1 Å². The van der Waals surface area contributed by atoms with Crippen molar-refractivity contribution in [2.45, 2.75) is 6.04 Å². The van der Waals surface area contributed by atoms with E-state index >= 15 is 0 Å². The van der Waals surface area contributed by atoms with Crippen LogP contribution in [0.3, 0.4) is 0 Å². The lowest BCUT2D eigenvalue weighted by atomic mass is 9.94. The van der Waals surface area contributed by atoms with Crippen molar-refractivity contribution >= 4 is 44.3 Å². The third kappa shape index (κ3) is 3.66. The van der Waals surface area contributed by atoms with E-state index in [0.29, 0.717) is 28.0 Å². The first-order valence-corrected chi connectivity index (χ1v) is 11.1. The lowest BCUT2D eigenvalue weighted by Crippen LogP contribution is -2.31. The lowest BCUT2D eigenvalue weighted by Gasteiger charge is -2.27. The van der Waals surface area contributed by atoms with Crippen LogP contribution in [0.1, 0.15) is 22.2 Å². The monoisotopic (exact) mass is 521 g/mol. The Kier molecular flexibility index (Phi) is 5.45. The Balaban J connectivity index is 1.65. The van der Waals surface area contributed by atoms with Crippen molar-refractivity contribution in [2.75, 3.05) is 12.0 Å². The predicted octanol–water partition coefficient (Wildman–Crippen LogP) is 6.13. The summed E-state index contributed by atoms with van der Waals surface area (Å²) in [7, 11) is 1.53. The smallest absolute Gasteiger partial charge is 0.294 e. The number of furan rings is 1. The van der Waals surface area contributed by atoms with Crippen LogP contribution < -0.4 is 9.64 Å². The van der Waals surface area contributed by atoms with Crippen LogP contribution in [0.15, 0.2) is 93.0 Å². The first kappa shape index (κ1) is 21.9. The Bertz CT molecular complexity index is 1460. The van der Waals surface area contributed by atoms with Crippen molar-refractivity contribution < 1.29 is 28.2 Å². The van der Waals surface area contributed by atoms with Gasteiger partial charge in [0.1, 0.15) is 17.1 Å². The molecule has 0 fully saturated rings. The summed E-state index contributed by atoms with van der Waals surface area (Å²) in [5.41, 5.74) is 1.25. The van der Waals surface area contributed by atoms with Crippen LogP contribution >= 0.6 is 15.9 Å². The summed E-state index contributed by atoms with van der Waals surface area (Å²) >= 11 is 3.39. The second-order valence-corrected chi connectivity index (χ2v) is 8.63. The molecule has 1 amide bonds. The van der Waals surface area contributed by atoms with E-state index in [1.165, 1.54) is 36.3 Å². The Morgan fingerprint density at radius 2 is 1.76 bits per heavy atom. The molecule has 5 rings (SSSR count). The van der Waals surface area contributed by atoms with Gasteiger partial charge < -0.3 is 14.3 Å². The predicted molar refractivity (Wildman–Crippen MR) is 128 cm³/mol. The number of carbonyl (C=O) groups is 2. The second-order valence-electron chi connectivity index (χ2n) is 7.71. The number of rotatable bonds is 5. The van der Waals surface area contributed by atoms with Crippen LogP contribution in [0.4, 0.5) is 10.1 Å². The van der Waals surface area contributed by atoms with Crippen LogP contribution in [-0.4, -0.2) is 23.9 Å². The minimum absolute atomic E-state index is 0.0121.